The third-order valence-corrected chi connectivity index (χ3v) is 7.61. The molecule has 33 heavy (non-hydrogen) atoms. The number of hydrogen-bond acceptors (Lipinski definition) is 6. The third kappa shape index (κ3) is 4.35. The zero-order valence-electron chi connectivity index (χ0n) is 17.5. The van der Waals surface area contributed by atoms with E-state index >= 15 is 0 Å². The van der Waals surface area contributed by atoms with Crippen LogP contribution in [-0.4, -0.2) is 26.5 Å². The minimum absolute atomic E-state index is 0.0970. The Bertz CT molecular complexity index is 1480. The van der Waals surface area contributed by atoms with Crippen molar-refractivity contribution in [2.24, 2.45) is 0 Å². The maximum atomic E-state index is 14.2. The molecule has 7 nitrogen and oxygen atoms in total. The fourth-order valence-electron chi connectivity index (χ4n) is 3.36. The molecule has 1 amide bonds. The SMILES string of the molecule is COc1ccccc1NS(=O)(=O)c1ccc(O)c(NC(=O)c2sc3cccc(F)c3c2C)c1. The first-order chi connectivity index (χ1) is 15.7. The van der Waals surface area contributed by atoms with Crippen molar-refractivity contribution in [2.75, 3.05) is 17.1 Å². The van der Waals surface area contributed by atoms with Gasteiger partial charge < -0.3 is 15.2 Å². The van der Waals surface area contributed by atoms with E-state index in [1.165, 1.54) is 25.3 Å². The molecule has 4 aromatic rings. The number of methoxy groups -OCH3 is 1. The van der Waals surface area contributed by atoms with Crippen molar-refractivity contribution in [1.29, 1.82) is 0 Å². The van der Waals surface area contributed by atoms with Crippen LogP contribution in [0.2, 0.25) is 0 Å². The van der Waals surface area contributed by atoms with Crippen LogP contribution in [0.3, 0.4) is 0 Å². The van der Waals surface area contributed by atoms with Gasteiger partial charge in [0.15, 0.2) is 0 Å². The fraction of sp³-hybridized carbons (Fsp3) is 0.0870. The summed E-state index contributed by atoms with van der Waals surface area (Å²) in [6.07, 6.45) is 0. The van der Waals surface area contributed by atoms with Gasteiger partial charge in [0.2, 0.25) is 0 Å². The number of benzene rings is 3. The average molecular weight is 487 g/mol. The molecule has 0 saturated carbocycles. The van der Waals surface area contributed by atoms with Crippen molar-refractivity contribution in [1.82, 2.24) is 0 Å². The number of anilines is 2. The van der Waals surface area contributed by atoms with Crippen molar-refractivity contribution >= 4 is 48.7 Å². The Balaban J connectivity index is 1.65. The lowest BCUT2D eigenvalue weighted by molar-refractivity contribution is 0.102. The minimum atomic E-state index is -4.06. The van der Waals surface area contributed by atoms with Crippen LogP contribution in [-0.2, 0) is 10.0 Å². The number of carbonyl (C=O) groups is 1. The van der Waals surface area contributed by atoms with E-state index in [9.17, 15) is 22.7 Å². The van der Waals surface area contributed by atoms with E-state index in [-0.39, 0.29) is 26.9 Å². The average Bonchev–Trinajstić information content (AvgIpc) is 3.13. The zero-order chi connectivity index (χ0) is 23.8. The number of phenols is 1. The largest absolute Gasteiger partial charge is 0.506 e. The van der Waals surface area contributed by atoms with Crippen molar-refractivity contribution in [3.8, 4) is 11.5 Å². The second-order valence-electron chi connectivity index (χ2n) is 7.11. The maximum Gasteiger partial charge on any atom is 0.266 e. The summed E-state index contributed by atoms with van der Waals surface area (Å²) >= 11 is 1.11. The van der Waals surface area contributed by atoms with E-state index < -0.39 is 21.7 Å². The van der Waals surface area contributed by atoms with Crippen LogP contribution in [0.25, 0.3) is 10.1 Å². The highest BCUT2D eigenvalue weighted by atomic mass is 32.2. The van der Waals surface area contributed by atoms with Crippen LogP contribution in [0.4, 0.5) is 15.8 Å². The van der Waals surface area contributed by atoms with Gasteiger partial charge in [0.25, 0.3) is 15.9 Å². The summed E-state index contributed by atoms with van der Waals surface area (Å²) in [6, 6.07) is 14.6. The monoisotopic (exact) mass is 486 g/mol. The number of carbonyl (C=O) groups excluding carboxylic acids is 1. The van der Waals surface area contributed by atoms with Gasteiger partial charge in [0, 0.05) is 10.1 Å². The molecule has 3 aromatic carbocycles. The number of phenolic OH excluding ortho intramolecular Hbond substituents is 1. The van der Waals surface area contributed by atoms with Gasteiger partial charge in [-0.05, 0) is 55.0 Å². The Hall–Kier alpha value is -3.63. The number of ether oxygens (including phenoxy) is 1. The minimum Gasteiger partial charge on any atom is -0.506 e. The molecule has 1 aromatic heterocycles. The second-order valence-corrected chi connectivity index (χ2v) is 9.84. The summed E-state index contributed by atoms with van der Waals surface area (Å²) in [5.41, 5.74) is 0.605. The lowest BCUT2D eigenvalue weighted by Gasteiger charge is -2.13. The number of aromatic hydroxyl groups is 1. The normalized spacial score (nSPS) is 11.4. The molecule has 0 unspecified atom stereocenters. The fourth-order valence-corrected chi connectivity index (χ4v) is 5.58. The van der Waals surface area contributed by atoms with Crippen LogP contribution in [0, 0.1) is 12.7 Å². The summed E-state index contributed by atoms with van der Waals surface area (Å²) < 4.78 is 48.2. The highest BCUT2D eigenvalue weighted by Gasteiger charge is 2.21. The van der Waals surface area contributed by atoms with Crippen molar-refractivity contribution < 1.29 is 27.4 Å². The number of thiophene rings is 1. The lowest BCUT2D eigenvalue weighted by Crippen LogP contribution is -2.15. The van der Waals surface area contributed by atoms with Gasteiger partial charge in [-0.3, -0.25) is 9.52 Å². The number of rotatable bonds is 6. The van der Waals surface area contributed by atoms with E-state index in [0.29, 0.717) is 21.4 Å². The number of sulfonamides is 1. The third-order valence-electron chi connectivity index (χ3n) is 4.99. The van der Waals surface area contributed by atoms with E-state index in [1.54, 1.807) is 43.3 Å². The molecule has 0 aliphatic rings. The van der Waals surface area contributed by atoms with Crippen LogP contribution in [0.5, 0.6) is 11.5 Å². The Labute approximate surface area is 193 Å². The smallest absolute Gasteiger partial charge is 0.266 e. The molecule has 10 heteroatoms. The molecule has 0 radical (unpaired) electrons. The van der Waals surface area contributed by atoms with Gasteiger partial charge >= 0.3 is 0 Å². The van der Waals surface area contributed by atoms with E-state index in [0.717, 1.165) is 17.4 Å². The van der Waals surface area contributed by atoms with Gasteiger partial charge in [-0.2, -0.15) is 0 Å². The molecule has 0 bridgehead atoms. The quantitative estimate of drug-likeness (QED) is 0.328. The van der Waals surface area contributed by atoms with Crippen LogP contribution in [0.1, 0.15) is 15.2 Å². The molecule has 170 valence electrons. The lowest BCUT2D eigenvalue weighted by atomic mass is 10.1. The highest BCUT2D eigenvalue weighted by molar-refractivity contribution is 7.92. The molecule has 0 aliphatic carbocycles. The van der Waals surface area contributed by atoms with Gasteiger partial charge in [-0.15, -0.1) is 11.3 Å². The van der Waals surface area contributed by atoms with Gasteiger partial charge in [0.1, 0.15) is 17.3 Å². The number of aryl methyl sites for hydroxylation is 1. The Morgan fingerprint density at radius 3 is 2.55 bits per heavy atom. The van der Waals surface area contributed by atoms with E-state index in [1.807, 2.05) is 0 Å². The summed E-state index contributed by atoms with van der Waals surface area (Å²) in [6.45, 7) is 1.63. The van der Waals surface area contributed by atoms with Gasteiger partial charge in [-0.1, -0.05) is 18.2 Å². The Kier molecular flexibility index (Phi) is 5.96. The van der Waals surface area contributed by atoms with Crippen molar-refractivity contribution in [2.45, 2.75) is 11.8 Å². The molecule has 0 atom stereocenters. The standard InChI is InChI=1S/C23H19FN2O5S2/c1-13-21-15(24)6-5-9-20(21)32-22(13)23(28)25-17-12-14(10-11-18(17)27)33(29,30)26-16-7-3-4-8-19(16)31-2/h3-12,26-27H,1-2H3,(H,25,28). The van der Waals surface area contributed by atoms with Crippen LogP contribution < -0.4 is 14.8 Å². The Morgan fingerprint density at radius 1 is 1.06 bits per heavy atom. The number of halogens is 1. The van der Waals surface area contributed by atoms with E-state index in [2.05, 4.69) is 10.0 Å². The summed E-state index contributed by atoms with van der Waals surface area (Å²) in [7, 11) is -2.64. The molecular weight excluding hydrogens is 467 g/mol. The van der Waals surface area contributed by atoms with Crippen LogP contribution in [0.15, 0.2) is 65.6 Å². The number of para-hydroxylation sites is 2. The van der Waals surface area contributed by atoms with E-state index in [4.69, 9.17) is 4.74 Å². The maximum absolute atomic E-state index is 14.2. The molecule has 4 rings (SSSR count). The predicted molar refractivity (Wildman–Crippen MR) is 126 cm³/mol. The first-order valence-corrected chi connectivity index (χ1v) is 12.0. The molecular formula is C23H19FN2O5S2. The van der Waals surface area contributed by atoms with Gasteiger partial charge in [0.05, 0.1) is 28.3 Å². The number of fused-ring (bicyclic) bond motifs is 1. The zero-order valence-corrected chi connectivity index (χ0v) is 19.2. The molecule has 0 aliphatic heterocycles. The summed E-state index contributed by atoms with van der Waals surface area (Å²) in [5.74, 6) is -1.00. The molecule has 1 heterocycles. The summed E-state index contributed by atoms with van der Waals surface area (Å²) in [4.78, 5) is 13.0. The summed E-state index contributed by atoms with van der Waals surface area (Å²) in [5, 5.41) is 13.1. The first kappa shape index (κ1) is 22.6. The Morgan fingerprint density at radius 2 is 1.82 bits per heavy atom. The number of amides is 1. The first-order valence-electron chi connectivity index (χ1n) is 9.69. The molecule has 0 fully saturated rings. The van der Waals surface area contributed by atoms with Gasteiger partial charge in [-0.25, -0.2) is 12.8 Å². The topological polar surface area (TPSA) is 105 Å². The molecule has 0 saturated heterocycles. The second kappa shape index (κ2) is 8.72. The van der Waals surface area contributed by atoms with Crippen molar-refractivity contribution in [3.05, 3.63) is 76.9 Å². The molecule has 0 spiro atoms. The van der Waals surface area contributed by atoms with Crippen LogP contribution >= 0.6 is 11.3 Å². The molecule has 3 N–H and O–H groups in total. The van der Waals surface area contributed by atoms with Crippen molar-refractivity contribution in [3.63, 3.8) is 0 Å². The highest BCUT2D eigenvalue weighted by Crippen LogP contribution is 2.35. The number of nitrogens with one attached hydrogen (secondary N) is 2. The number of hydrogen-bond donors (Lipinski definition) is 3. The predicted octanol–water partition coefficient (Wildman–Crippen LogP) is 5.12.